The third-order valence-corrected chi connectivity index (χ3v) is 3.68. The molecule has 2 aromatic rings. The van der Waals surface area contributed by atoms with E-state index in [0.29, 0.717) is 25.5 Å². The van der Waals surface area contributed by atoms with Gasteiger partial charge in [-0.1, -0.05) is 0 Å². The van der Waals surface area contributed by atoms with Crippen LogP contribution in [0.1, 0.15) is 35.8 Å². The van der Waals surface area contributed by atoms with E-state index in [0.717, 1.165) is 5.82 Å². The highest BCUT2D eigenvalue weighted by Crippen LogP contribution is 2.33. The molecule has 3 rings (SSSR count). The molecular weight excluding hydrogens is 288 g/mol. The summed E-state index contributed by atoms with van der Waals surface area (Å²) in [4.78, 5) is 21.7. The van der Waals surface area contributed by atoms with E-state index in [1.165, 1.54) is 6.07 Å². The molecule has 0 aromatic carbocycles. The van der Waals surface area contributed by atoms with Gasteiger partial charge in [0.1, 0.15) is 5.82 Å². The SMILES string of the molecule is CCOc1cc(C(=O)N2C[C@H](OC)CC2c2ncc[nH]2)on1. The van der Waals surface area contributed by atoms with E-state index in [4.69, 9.17) is 14.0 Å². The summed E-state index contributed by atoms with van der Waals surface area (Å²) < 4.78 is 15.7. The summed E-state index contributed by atoms with van der Waals surface area (Å²) in [5, 5.41) is 3.73. The summed E-state index contributed by atoms with van der Waals surface area (Å²) in [7, 11) is 1.64. The quantitative estimate of drug-likeness (QED) is 0.897. The van der Waals surface area contributed by atoms with Crippen molar-refractivity contribution in [2.45, 2.75) is 25.5 Å². The lowest BCUT2D eigenvalue weighted by Crippen LogP contribution is -2.32. The molecule has 1 aliphatic heterocycles. The molecule has 118 valence electrons. The topological polar surface area (TPSA) is 93.5 Å². The molecule has 1 saturated heterocycles. The van der Waals surface area contributed by atoms with Crippen molar-refractivity contribution in [2.75, 3.05) is 20.3 Å². The number of aromatic nitrogens is 3. The number of hydrogen-bond donors (Lipinski definition) is 1. The Balaban J connectivity index is 1.82. The second kappa shape index (κ2) is 6.18. The van der Waals surface area contributed by atoms with Gasteiger partial charge in [-0.2, -0.15) is 0 Å². The number of hydrogen-bond acceptors (Lipinski definition) is 6. The van der Waals surface area contributed by atoms with Gasteiger partial charge in [0.2, 0.25) is 5.76 Å². The fourth-order valence-electron chi connectivity index (χ4n) is 2.63. The summed E-state index contributed by atoms with van der Waals surface area (Å²) in [5.74, 6) is 0.941. The Morgan fingerprint density at radius 1 is 1.59 bits per heavy atom. The average Bonchev–Trinajstić information content (AvgIpc) is 3.26. The van der Waals surface area contributed by atoms with Gasteiger partial charge in [0.15, 0.2) is 0 Å². The number of carbonyl (C=O) groups is 1. The van der Waals surface area contributed by atoms with Crippen LogP contribution < -0.4 is 4.74 Å². The van der Waals surface area contributed by atoms with Crippen molar-refractivity contribution in [1.82, 2.24) is 20.0 Å². The smallest absolute Gasteiger partial charge is 0.293 e. The van der Waals surface area contributed by atoms with Crippen LogP contribution in [0, 0.1) is 0 Å². The predicted octanol–water partition coefficient (Wildman–Crippen LogP) is 1.40. The number of methoxy groups -OCH3 is 1. The molecule has 1 N–H and O–H groups in total. The number of likely N-dealkylation sites (tertiary alicyclic amines) is 1. The van der Waals surface area contributed by atoms with Gasteiger partial charge in [0, 0.05) is 32.5 Å². The predicted molar refractivity (Wildman–Crippen MR) is 75.5 cm³/mol. The number of rotatable bonds is 5. The number of aromatic amines is 1. The van der Waals surface area contributed by atoms with Crippen LogP contribution in [-0.2, 0) is 4.74 Å². The van der Waals surface area contributed by atoms with Crippen LogP contribution in [0.2, 0.25) is 0 Å². The largest absolute Gasteiger partial charge is 0.476 e. The zero-order valence-electron chi connectivity index (χ0n) is 12.5. The molecule has 3 heterocycles. The second-order valence-corrected chi connectivity index (χ2v) is 5.00. The van der Waals surface area contributed by atoms with E-state index in [-0.39, 0.29) is 23.8 Å². The van der Waals surface area contributed by atoms with Gasteiger partial charge >= 0.3 is 0 Å². The normalized spacial score (nSPS) is 21.3. The van der Waals surface area contributed by atoms with Crippen LogP contribution in [-0.4, -0.2) is 52.3 Å². The monoisotopic (exact) mass is 306 g/mol. The number of ether oxygens (including phenoxy) is 2. The Kier molecular flexibility index (Phi) is 4.10. The molecule has 1 aliphatic rings. The number of H-pyrrole nitrogens is 1. The van der Waals surface area contributed by atoms with Crippen LogP contribution in [0.3, 0.4) is 0 Å². The minimum absolute atomic E-state index is 0.0340. The molecule has 0 spiro atoms. The van der Waals surface area contributed by atoms with Crippen molar-refractivity contribution in [2.24, 2.45) is 0 Å². The molecule has 2 aromatic heterocycles. The number of nitrogens with one attached hydrogen (secondary N) is 1. The van der Waals surface area contributed by atoms with Crippen LogP contribution >= 0.6 is 0 Å². The zero-order valence-corrected chi connectivity index (χ0v) is 12.5. The number of imidazole rings is 1. The molecule has 0 bridgehead atoms. The van der Waals surface area contributed by atoms with Crippen LogP contribution in [0.25, 0.3) is 0 Å². The minimum atomic E-state index is -0.251. The number of amides is 1. The zero-order chi connectivity index (χ0) is 15.5. The summed E-state index contributed by atoms with van der Waals surface area (Å²) in [6.07, 6.45) is 4.05. The first-order valence-electron chi connectivity index (χ1n) is 7.15. The van der Waals surface area contributed by atoms with Crippen LogP contribution in [0.4, 0.5) is 0 Å². The van der Waals surface area contributed by atoms with E-state index < -0.39 is 0 Å². The molecule has 0 aliphatic carbocycles. The Morgan fingerprint density at radius 2 is 2.45 bits per heavy atom. The third kappa shape index (κ3) is 2.69. The maximum absolute atomic E-state index is 12.7. The third-order valence-electron chi connectivity index (χ3n) is 3.68. The van der Waals surface area contributed by atoms with Crippen molar-refractivity contribution in [3.05, 3.63) is 30.0 Å². The Hall–Kier alpha value is -2.35. The molecule has 8 heteroatoms. The molecule has 8 nitrogen and oxygen atoms in total. The highest BCUT2D eigenvalue weighted by atomic mass is 16.5. The Morgan fingerprint density at radius 3 is 3.14 bits per heavy atom. The molecule has 1 unspecified atom stereocenters. The van der Waals surface area contributed by atoms with Gasteiger partial charge in [0.25, 0.3) is 11.8 Å². The molecule has 0 saturated carbocycles. The van der Waals surface area contributed by atoms with Crippen molar-refractivity contribution in [1.29, 1.82) is 0 Å². The highest BCUT2D eigenvalue weighted by molar-refractivity contribution is 5.92. The van der Waals surface area contributed by atoms with E-state index in [2.05, 4.69) is 15.1 Å². The summed E-state index contributed by atoms with van der Waals surface area (Å²) in [6.45, 7) is 2.78. The average molecular weight is 306 g/mol. The summed E-state index contributed by atoms with van der Waals surface area (Å²) >= 11 is 0. The molecule has 22 heavy (non-hydrogen) atoms. The minimum Gasteiger partial charge on any atom is -0.476 e. The lowest BCUT2D eigenvalue weighted by molar-refractivity contribution is 0.0645. The summed E-state index contributed by atoms with van der Waals surface area (Å²) in [6, 6.07) is 1.33. The molecule has 1 fully saturated rings. The highest BCUT2D eigenvalue weighted by Gasteiger charge is 2.39. The van der Waals surface area contributed by atoms with Gasteiger partial charge in [0.05, 0.1) is 24.8 Å². The molecule has 1 amide bonds. The molecular formula is C14H18N4O4. The lowest BCUT2D eigenvalue weighted by Gasteiger charge is -2.21. The number of nitrogens with zero attached hydrogens (tertiary/aromatic N) is 3. The fraction of sp³-hybridized carbons (Fsp3) is 0.500. The first-order chi connectivity index (χ1) is 10.7. The van der Waals surface area contributed by atoms with Crippen molar-refractivity contribution >= 4 is 5.91 Å². The summed E-state index contributed by atoms with van der Waals surface area (Å²) in [5.41, 5.74) is 0. The van der Waals surface area contributed by atoms with E-state index in [9.17, 15) is 4.79 Å². The Bertz CT molecular complexity index is 625. The van der Waals surface area contributed by atoms with Gasteiger partial charge < -0.3 is 23.9 Å². The Labute approximate surface area is 127 Å². The molecule has 2 atom stereocenters. The van der Waals surface area contributed by atoms with Crippen molar-refractivity contribution in [3.63, 3.8) is 0 Å². The standard InChI is InChI=1S/C14H18N4O4/c1-3-21-12-7-11(22-17-12)14(19)18-8-9(20-2)6-10(18)13-15-4-5-16-13/h4-5,7,9-10H,3,6,8H2,1-2H3,(H,15,16)/t9-,10?/m1/s1. The van der Waals surface area contributed by atoms with Gasteiger partial charge in [-0.25, -0.2) is 4.98 Å². The van der Waals surface area contributed by atoms with E-state index in [1.54, 1.807) is 24.4 Å². The van der Waals surface area contributed by atoms with Crippen LogP contribution in [0.5, 0.6) is 5.88 Å². The van der Waals surface area contributed by atoms with Gasteiger partial charge in [-0.15, -0.1) is 0 Å². The van der Waals surface area contributed by atoms with Gasteiger partial charge in [-0.3, -0.25) is 4.79 Å². The van der Waals surface area contributed by atoms with Gasteiger partial charge in [-0.05, 0) is 12.1 Å². The van der Waals surface area contributed by atoms with E-state index >= 15 is 0 Å². The van der Waals surface area contributed by atoms with Crippen molar-refractivity contribution < 1.29 is 18.8 Å². The van der Waals surface area contributed by atoms with Crippen molar-refractivity contribution in [3.8, 4) is 5.88 Å². The van der Waals surface area contributed by atoms with Crippen LogP contribution in [0.15, 0.2) is 23.0 Å². The first-order valence-corrected chi connectivity index (χ1v) is 7.15. The second-order valence-electron chi connectivity index (χ2n) is 5.00. The van der Waals surface area contributed by atoms with E-state index in [1.807, 2.05) is 6.92 Å². The number of carbonyl (C=O) groups excluding carboxylic acids is 1. The maximum Gasteiger partial charge on any atom is 0.293 e. The fourth-order valence-corrected chi connectivity index (χ4v) is 2.63. The lowest BCUT2D eigenvalue weighted by atomic mass is 10.2. The molecule has 0 radical (unpaired) electrons. The first kappa shape index (κ1) is 14.6. The maximum atomic E-state index is 12.7.